The average molecular weight is 255 g/mol. The maximum atomic E-state index is 12.1. The van der Waals surface area contributed by atoms with Gasteiger partial charge in [0.1, 0.15) is 5.75 Å². The lowest BCUT2D eigenvalue weighted by molar-refractivity contribution is -0.121. The number of anilines is 1. The molecule has 3 rings (SSSR count). The number of rotatable bonds is 0. The van der Waals surface area contributed by atoms with Gasteiger partial charge in [0, 0.05) is 11.8 Å². The van der Waals surface area contributed by atoms with Crippen LogP contribution in [0.5, 0.6) is 5.75 Å². The van der Waals surface area contributed by atoms with E-state index in [0.29, 0.717) is 0 Å². The van der Waals surface area contributed by atoms with Gasteiger partial charge in [-0.2, -0.15) is 0 Å². The Labute approximate surface area is 106 Å². The summed E-state index contributed by atoms with van der Waals surface area (Å²) in [4.78, 5) is 12.1. The molecular formula is C12H15ClN2O2. The van der Waals surface area contributed by atoms with Crippen LogP contribution in [0.2, 0.25) is 0 Å². The SMILES string of the molecule is Cl.O=C1Nc2cc(O)ccc2C12CCNCC2. The first-order valence-corrected chi connectivity index (χ1v) is 5.58. The van der Waals surface area contributed by atoms with E-state index >= 15 is 0 Å². The molecule has 1 fully saturated rings. The van der Waals surface area contributed by atoms with E-state index < -0.39 is 0 Å². The molecule has 2 aliphatic rings. The molecule has 3 N–H and O–H groups in total. The van der Waals surface area contributed by atoms with E-state index in [1.54, 1.807) is 12.1 Å². The van der Waals surface area contributed by atoms with Crippen molar-refractivity contribution in [2.45, 2.75) is 18.3 Å². The molecular weight excluding hydrogens is 240 g/mol. The van der Waals surface area contributed by atoms with Gasteiger partial charge in [0.2, 0.25) is 5.91 Å². The van der Waals surface area contributed by atoms with Crippen LogP contribution in [-0.2, 0) is 10.2 Å². The Balaban J connectivity index is 0.00000108. The average Bonchev–Trinajstić information content (AvgIpc) is 2.53. The largest absolute Gasteiger partial charge is 0.508 e. The number of hydrogen-bond acceptors (Lipinski definition) is 3. The lowest BCUT2D eigenvalue weighted by atomic mass is 9.74. The molecule has 0 unspecified atom stereocenters. The molecule has 17 heavy (non-hydrogen) atoms. The summed E-state index contributed by atoms with van der Waals surface area (Å²) in [6, 6.07) is 5.15. The molecule has 1 aromatic carbocycles. The summed E-state index contributed by atoms with van der Waals surface area (Å²) in [5.74, 6) is 0.277. The minimum Gasteiger partial charge on any atom is -0.508 e. The molecule has 4 nitrogen and oxygen atoms in total. The molecule has 1 amide bonds. The van der Waals surface area contributed by atoms with Crippen LogP contribution in [0.3, 0.4) is 0 Å². The number of benzene rings is 1. The maximum Gasteiger partial charge on any atom is 0.235 e. The summed E-state index contributed by atoms with van der Waals surface area (Å²) in [6.45, 7) is 1.74. The van der Waals surface area contributed by atoms with Crippen molar-refractivity contribution in [3.05, 3.63) is 23.8 Å². The first kappa shape index (κ1) is 12.2. The van der Waals surface area contributed by atoms with Crippen molar-refractivity contribution in [1.82, 2.24) is 5.32 Å². The summed E-state index contributed by atoms with van der Waals surface area (Å²) in [7, 11) is 0. The Bertz CT molecular complexity index is 456. The van der Waals surface area contributed by atoms with E-state index in [1.807, 2.05) is 6.07 Å². The lowest BCUT2D eigenvalue weighted by Crippen LogP contribution is -2.44. The smallest absolute Gasteiger partial charge is 0.235 e. The summed E-state index contributed by atoms with van der Waals surface area (Å²) >= 11 is 0. The van der Waals surface area contributed by atoms with Gasteiger partial charge in [-0.05, 0) is 37.6 Å². The van der Waals surface area contributed by atoms with Crippen LogP contribution in [-0.4, -0.2) is 24.1 Å². The van der Waals surface area contributed by atoms with Gasteiger partial charge >= 0.3 is 0 Å². The summed E-state index contributed by atoms with van der Waals surface area (Å²) in [5, 5.41) is 15.5. The van der Waals surface area contributed by atoms with Crippen molar-refractivity contribution in [2.75, 3.05) is 18.4 Å². The number of piperidine rings is 1. The van der Waals surface area contributed by atoms with Crippen molar-refractivity contribution >= 4 is 24.0 Å². The van der Waals surface area contributed by atoms with Gasteiger partial charge in [0.25, 0.3) is 0 Å². The fraction of sp³-hybridized carbons (Fsp3) is 0.417. The number of halogens is 1. The molecule has 2 aliphatic heterocycles. The highest BCUT2D eigenvalue weighted by Crippen LogP contribution is 2.44. The van der Waals surface area contributed by atoms with E-state index in [0.717, 1.165) is 37.2 Å². The molecule has 0 atom stereocenters. The third kappa shape index (κ3) is 1.68. The molecule has 0 aromatic heterocycles. The molecule has 2 heterocycles. The summed E-state index contributed by atoms with van der Waals surface area (Å²) < 4.78 is 0. The van der Waals surface area contributed by atoms with Crippen molar-refractivity contribution < 1.29 is 9.90 Å². The fourth-order valence-electron chi connectivity index (χ4n) is 2.77. The number of nitrogens with one attached hydrogen (secondary N) is 2. The Kier molecular flexibility index (Phi) is 3.02. The molecule has 0 saturated carbocycles. The first-order chi connectivity index (χ1) is 7.72. The van der Waals surface area contributed by atoms with Gasteiger partial charge in [-0.15, -0.1) is 12.4 Å². The van der Waals surface area contributed by atoms with E-state index in [4.69, 9.17) is 0 Å². The Morgan fingerprint density at radius 2 is 1.94 bits per heavy atom. The first-order valence-electron chi connectivity index (χ1n) is 5.58. The third-order valence-corrected chi connectivity index (χ3v) is 3.66. The zero-order valence-electron chi connectivity index (χ0n) is 9.32. The number of aromatic hydroxyl groups is 1. The maximum absolute atomic E-state index is 12.1. The van der Waals surface area contributed by atoms with Crippen molar-refractivity contribution in [3.63, 3.8) is 0 Å². The van der Waals surface area contributed by atoms with Crippen LogP contribution >= 0.6 is 12.4 Å². The summed E-state index contributed by atoms with van der Waals surface area (Å²) in [5.41, 5.74) is 1.44. The zero-order valence-corrected chi connectivity index (χ0v) is 10.1. The Hall–Kier alpha value is -1.26. The number of phenolic OH excluding ortho intramolecular Hbond substituents is 1. The van der Waals surface area contributed by atoms with Crippen LogP contribution < -0.4 is 10.6 Å². The second-order valence-corrected chi connectivity index (χ2v) is 4.52. The van der Waals surface area contributed by atoms with Gasteiger partial charge in [-0.25, -0.2) is 0 Å². The molecule has 0 bridgehead atoms. The minimum atomic E-state index is -0.367. The van der Waals surface area contributed by atoms with E-state index in [9.17, 15) is 9.90 Å². The zero-order chi connectivity index (χ0) is 11.2. The van der Waals surface area contributed by atoms with Crippen LogP contribution in [0, 0.1) is 0 Å². The number of hydrogen-bond donors (Lipinski definition) is 3. The number of phenols is 1. The second-order valence-electron chi connectivity index (χ2n) is 4.52. The predicted octanol–water partition coefficient (Wildman–Crippen LogP) is 1.39. The molecule has 1 saturated heterocycles. The molecule has 1 aromatic rings. The topological polar surface area (TPSA) is 61.4 Å². The van der Waals surface area contributed by atoms with Gasteiger partial charge in [0.15, 0.2) is 0 Å². The van der Waals surface area contributed by atoms with E-state index in [2.05, 4.69) is 10.6 Å². The number of carbonyl (C=O) groups excluding carboxylic acids is 1. The number of carbonyl (C=O) groups is 1. The predicted molar refractivity (Wildman–Crippen MR) is 67.8 cm³/mol. The van der Waals surface area contributed by atoms with E-state index in [1.165, 1.54) is 0 Å². The third-order valence-electron chi connectivity index (χ3n) is 3.66. The highest BCUT2D eigenvalue weighted by atomic mass is 35.5. The van der Waals surface area contributed by atoms with Gasteiger partial charge < -0.3 is 15.7 Å². The quantitative estimate of drug-likeness (QED) is 0.656. The molecule has 92 valence electrons. The minimum absolute atomic E-state index is 0. The van der Waals surface area contributed by atoms with Crippen LogP contribution in [0.4, 0.5) is 5.69 Å². The Morgan fingerprint density at radius 1 is 1.24 bits per heavy atom. The van der Waals surface area contributed by atoms with Gasteiger partial charge in [-0.1, -0.05) is 6.07 Å². The molecule has 5 heteroatoms. The fourth-order valence-corrected chi connectivity index (χ4v) is 2.77. The van der Waals surface area contributed by atoms with Crippen LogP contribution in [0.15, 0.2) is 18.2 Å². The Morgan fingerprint density at radius 3 is 2.65 bits per heavy atom. The van der Waals surface area contributed by atoms with Crippen molar-refractivity contribution in [2.24, 2.45) is 0 Å². The molecule has 0 aliphatic carbocycles. The monoisotopic (exact) mass is 254 g/mol. The number of fused-ring (bicyclic) bond motifs is 2. The second kappa shape index (κ2) is 4.20. The molecule has 0 radical (unpaired) electrons. The van der Waals surface area contributed by atoms with Crippen molar-refractivity contribution in [1.29, 1.82) is 0 Å². The highest BCUT2D eigenvalue weighted by molar-refractivity contribution is 6.06. The number of amides is 1. The normalized spacial score (nSPS) is 20.6. The standard InChI is InChI=1S/C12H14N2O2.ClH/c15-8-1-2-9-10(7-8)14-11(16)12(9)3-5-13-6-4-12;/h1-2,7,13,15H,3-6H2,(H,14,16);1H. The highest BCUT2D eigenvalue weighted by Gasteiger charge is 2.47. The lowest BCUT2D eigenvalue weighted by Gasteiger charge is -2.31. The van der Waals surface area contributed by atoms with Gasteiger partial charge in [-0.3, -0.25) is 4.79 Å². The molecule has 1 spiro atoms. The van der Waals surface area contributed by atoms with E-state index in [-0.39, 0.29) is 29.5 Å². The van der Waals surface area contributed by atoms with Crippen LogP contribution in [0.25, 0.3) is 0 Å². The van der Waals surface area contributed by atoms with Gasteiger partial charge in [0.05, 0.1) is 5.41 Å². The summed E-state index contributed by atoms with van der Waals surface area (Å²) in [6.07, 6.45) is 1.66. The van der Waals surface area contributed by atoms with Crippen LogP contribution in [0.1, 0.15) is 18.4 Å². The van der Waals surface area contributed by atoms with Crippen molar-refractivity contribution in [3.8, 4) is 5.75 Å².